The molecule has 1 atom stereocenters. The smallest absolute Gasteiger partial charge is 0.262 e. The number of aryl methyl sites for hydroxylation is 1. The first-order valence-corrected chi connectivity index (χ1v) is 7.47. The van der Waals surface area contributed by atoms with E-state index in [1.165, 1.54) is 16.7 Å². The summed E-state index contributed by atoms with van der Waals surface area (Å²) in [4.78, 5) is 7.94. The summed E-state index contributed by atoms with van der Waals surface area (Å²) in [5, 5.41) is 0.0580. The highest BCUT2D eigenvalue weighted by molar-refractivity contribution is 7.89. The van der Waals surface area contributed by atoms with Gasteiger partial charge in [0.25, 0.3) is 10.0 Å². The van der Waals surface area contributed by atoms with Crippen LogP contribution in [0, 0.1) is 12.8 Å². The predicted octanol–water partition coefficient (Wildman–Crippen LogP) is 0.144. The predicted molar refractivity (Wildman–Crippen MR) is 67.3 cm³/mol. The lowest BCUT2D eigenvalue weighted by Crippen LogP contribution is -2.42. The van der Waals surface area contributed by atoms with Gasteiger partial charge in [-0.1, -0.05) is 0 Å². The molecular formula is C11H18N4O2S. The molecule has 0 aromatic carbocycles. The molecule has 100 valence electrons. The Morgan fingerprint density at radius 1 is 1.44 bits per heavy atom. The number of rotatable bonds is 3. The molecule has 18 heavy (non-hydrogen) atoms. The van der Waals surface area contributed by atoms with Crippen LogP contribution in [0.4, 0.5) is 0 Å². The highest BCUT2D eigenvalue weighted by Gasteiger charge is 2.31. The molecule has 0 bridgehead atoms. The van der Waals surface area contributed by atoms with Gasteiger partial charge < -0.3 is 5.73 Å². The molecule has 0 radical (unpaired) electrons. The Labute approximate surface area is 107 Å². The van der Waals surface area contributed by atoms with Gasteiger partial charge in [-0.3, -0.25) is 4.98 Å². The summed E-state index contributed by atoms with van der Waals surface area (Å²) in [5.74, 6) is 0.241. The van der Waals surface area contributed by atoms with Crippen LogP contribution >= 0.6 is 0 Å². The van der Waals surface area contributed by atoms with Crippen LogP contribution in [0.5, 0.6) is 0 Å². The highest BCUT2D eigenvalue weighted by Crippen LogP contribution is 2.22. The van der Waals surface area contributed by atoms with E-state index in [-0.39, 0.29) is 10.9 Å². The summed E-state index contributed by atoms with van der Waals surface area (Å²) in [6.07, 6.45) is 4.74. The minimum absolute atomic E-state index is 0.0580. The second kappa shape index (κ2) is 5.29. The molecule has 1 aliphatic heterocycles. The third kappa shape index (κ3) is 2.52. The van der Waals surface area contributed by atoms with Crippen molar-refractivity contribution in [1.29, 1.82) is 0 Å². The SMILES string of the molecule is Cc1nccnc1S(=O)(=O)N1CCC[C@@H](CN)C1. The number of nitrogens with zero attached hydrogens (tertiary/aromatic N) is 3. The normalized spacial score (nSPS) is 22.0. The summed E-state index contributed by atoms with van der Waals surface area (Å²) in [5.41, 5.74) is 6.07. The van der Waals surface area contributed by atoms with E-state index in [9.17, 15) is 8.42 Å². The van der Waals surface area contributed by atoms with Gasteiger partial charge >= 0.3 is 0 Å². The van der Waals surface area contributed by atoms with Crippen LogP contribution in [0.3, 0.4) is 0 Å². The molecule has 0 unspecified atom stereocenters. The van der Waals surface area contributed by atoms with Crippen molar-refractivity contribution in [3.8, 4) is 0 Å². The molecule has 1 aliphatic rings. The van der Waals surface area contributed by atoms with E-state index in [1.807, 2.05) is 0 Å². The summed E-state index contributed by atoms with van der Waals surface area (Å²) in [6, 6.07) is 0. The van der Waals surface area contributed by atoms with Gasteiger partial charge in [-0.15, -0.1) is 0 Å². The van der Waals surface area contributed by atoms with Gasteiger partial charge in [0.05, 0.1) is 5.69 Å². The number of hydrogen-bond donors (Lipinski definition) is 1. The second-order valence-corrected chi connectivity index (χ2v) is 6.41. The van der Waals surface area contributed by atoms with Crippen LogP contribution in [-0.2, 0) is 10.0 Å². The fourth-order valence-electron chi connectivity index (χ4n) is 2.21. The minimum Gasteiger partial charge on any atom is -0.330 e. The average Bonchev–Trinajstić information content (AvgIpc) is 2.39. The highest BCUT2D eigenvalue weighted by atomic mass is 32.2. The van der Waals surface area contributed by atoms with Crippen molar-refractivity contribution < 1.29 is 8.42 Å². The topological polar surface area (TPSA) is 89.2 Å². The Bertz CT molecular complexity index is 518. The van der Waals surface area contributed by atoms with Gasteiger partial charge in [0, 0.05) is 25.5 Å². The Morgan fingerprint density at radius 3 is 2.83 bits per heavy atom. The van der Waals surface area contributed by atoms with E-state index in [2.05, 4.69) is 9.97 Å². The molecule has 1 saturated heterocycles. The molecule has 1 aromatic rings. The fraction of sp³-hybridized carbons (Fsp3) is 0.636. The molecule has 0 amide bonds. The number of hydrogen-bond acceptors (Lipinski definition) is 5. The Balaban J connectivity index is 2.29. The third-order valence-electron chi connectivity index (χ3n) is 3.24. The molecular weight excluding hydrogens is 252 g/mol. The van der Waals surface area contributed by atoms with E-state index in [4.69, 9.17) is 5.73 Å². The Hall–Kier alpha value is -1.05. The van der Waals surface area contributed by atoms with Crippen molar-refractivity contribution in [1.82, 2.24) is 14.3 Å². The van der Waals surface area contributed by atoms with Gasteiger partial charge in [-0.2, -0.15) is 4.31 Å². The van der Waals surface area contributed by atoms with Gasteiger partial charge in [-0.05, 0) is 32.2 Å². The van der Waals surface area contributed by atoms with Crippen LogP contribution < -0.4 is 5.73 Å². The molecule has 1 fully saturated rings. The zero-order valence-electron chi connectivity index (χ0n) is 10.4. The molecule has 0 spiro atoms. The van der Waals surface area contributed by atoms with Crippen molar-refractivity contribution in [2.45, 2.75) is 24.8 Å². The summed E-state index contributed by atoms with van der Waals surface area (Å²) in [6.45, 7) is 3.19. The zero-order chi connectivity index (χ0) is 13.2. The summed E-state index contributed by atoms with van der Waals surface area (Å²) < 4.78 is 26.4. The first kappa shape index (κ1) is 13.4. The van der Waals surface area contributed by atoms with E-state index in [0.717, 1.165) is 12.8 Å². The molecule has 1 aromatic heterocycles. The standard InChI is InChI=1S/C11H18N4O2S/c1-9-11(14-5-4-13-9)18(16,17)15-6-2-3-10(7-12)8-15/h4-5,10H,2-3,6-8,12H2,1H3/t10-/m0/s1. The van der Waals surface area contributed by atoms with Gasteiger partial charge in [-0.25, -0.2) is 13.4 Å². The summed E-state index contributed by atoms with van der Waals surface area (Å²) in [7, 11) is -3.53. The van der Waals surface area contributed by atoms with Crippen molar-refractivity contribution in [2.24, 2.45) is 11.7 Å². The first-order valence-electron chi connectivity index (χ1n) is 6.03. The molecule has 0 saturated carbocycles. The minimum atomic E-state index is -3.53. The van der Waals surface area contributed by atoms with Crippen molar-refractivity contribution in [2.75, 3.05) is 19.6 Å². The fourth-order valence-corrected chi connectivity index (χ4v) is 3.85. The van der Waals surface area contributed by atoms with Crippen molar-refractivity contribution in [3.05, 3.63) is 18.1 Å². The molecule has 2 heterocycles. The largest absolute Gasteiger partial charge is 0.330 e. The molecule has 2 rings (SSSR count). The second-order valence-electron chi connectivity index (χ2n) is 4.55. The van der Waals surface area contributed by atoms with Crippen LogP contribution in [0.1, 0.15) is 18.5 Å². The Kier molecular flexibility index (Phi) is 3.94. The van der Waals surface area contributed by atoms with Crippen LogP contribution in [0.2, 0.25) is 0 Å². The maximum absolute atomic E-state index is 12.5. The summed E-state index contributed by atoms with van der Waals surface area (Å²) >= 11 is 0. The lowest BCUT2D eigenvalue weighted by molar-refractivity contribution is 0.270. The first-order chi connectivity index (χ1) is 8.55. The van der Waals surface area contributed by atoms with Crippen molar-refractivity contribution >= 4 is 10.0 Å². The van der Waals surface area contributed by atoms with E-state index >= 15 is 0 Å². The van der Waals surface area contributed by atoms with E-state index in [1.54, 1.807) is 6.92 Å². The third-order valence-corrected chi connectivity index (χ3v) is 5.14. The maximum Gasteiger partial charge on any atom is 0.262 e. The quantitative estimate of drug-likeness (QED) is 0.844. The molecule has 0 aliphatic carbocycles. The number of piperidine rings is 1. The van der Waals surface area contributed by atoms with Crippen LogP contribution in [0.15, 0.2) is 17.4 Å². The molecule has 6 nitrogen and oxygen atoms in total. The van der Waals surface area contributed by atoms with Crippen LogP contribution in [-0.4, -0.2) is 42.3 Å². The lowest BCUT2D eigenvalue weighted by atomic mass is 10.0. The van der Waals surface area contributed by atoms with Crippen LogP contribution in [0.25, 0.3) is 0 Å². The van der Waals surface area contributed by atoms with E-state index in [0.29, 0.717) is 25.3 Å². The lowest BCUT2D eigenvalue weighted by Gasteiger charge is -2.31. The number of sulfonamides is 1. The maximum atomic E-state index is 12.5. The average molecular weight is 270 g/mol. The van der Waals surface area contributed by atoms with Gasteiger partial charge in [0.1, 0.15) is 0 Å². The Morgan fingerprint density at radius 2 is 2.17 bits per heavy atom. The van der Waals surface area contributed by atoms with E-state index < -0.39 is 10.0 Å². The monoisotopic (exact) mass is 270 g/mol. The van der Waals surface area contributed by atoms with Crippen molar-refractivity contribution in [3.63, 3.8) is 0 Å². The zero-order valence-corrected chi connectivity index (χ0v) is 11.2. The molecule has 7 heteroatoms. The number of aromatic nitrogens is 2. The number of nitrogens with two attached hydrogens (primary N) is 1. The van der Waals surface area contributed by atoms with Gasteiger partial charge in [0.2, 0.25) is 0 Å². The van der Waals surface area contributed by atoms with Gasteiger partial charge in [0.15, 0.2) is 5.03 Å². The molecule has 2 N–H and O–H groups in total.